The van der Waals surface area contributed by atoms with E-state index in [1.807, 2.05) is 95.8 Å². The van der Waals surface area contributed by atoms with E-state index in [2.05, 4.69) is 56.4 Å². The van der Waals surface area contributed by atoms with Crippen molar-refractivity contribution in [2.24, 2.45) is 10.7 Å². The lowest BCUT2D eigenvalue weighted by atomic mass is 9.79. The summed E-state index contributed by atoms with van der Waals surface area (Å²) in [7, 11) is 0. The van der Waals surface area contributed by atoms with Crippen LogP contribution in [-0.4, -0.2) is 16.0 Å². The summed E-state index contributed by atoms with van der Waals surface area (Å²) in [4.78, 5) is 4.76. The third-order valence-corrected chi connectivity index (χ3v) is 6.56. The monoisotopic (exact) mass is 482 g/mol. The number of benzene rings is 4. The molecule has 4 heteroatoms. The molecule has 0 fully saturated rings. The van der Waals surface area contributed by atoms with Crippen molar-refractivity contribution in [3.63, 3.8) is 0 Å². The molecule has 0 aliphatic rings. The van der Waals surface area contributed by atoms with Crippen LogP contribution in [0.4, 0.5) is 5.69 Å². The number of hydrogen-bond acceptors (Lipinski definition) is 3. The van der Waals surface area contributed by atoms with Crippen molar-refractivity contribution < 1.29 is 0 Å². The lowest BCUT2D eigenvalue weighted by Crippen LogP contribution is -2.29. The highest BCUT2D eigenvalue weighted by Crippen LogP contribution is 2.38. The van der Waals surface area contributed by atoms with Crippen molar-refractivity contribution in [3.05, 3.63) is 144 Å². The molecule has 37 heavy (non-hydrogen) atoms. The lowest BCUT2D eigenvalue weighted by molar-refractivity contribution is 0.588. The molecule has 0 saturated heterocycles. The highest BCUT2D eigenvalue weighted by molar-refractivity contribution is 6.12. The predicted octanol–water partition coefficient (Wildman–Crippen LogP) is 7.59. The van der Waals surface area contributed by atoms with Gasteiger partial charge in [0.25, 0.3) is 0 Å². The van der Waals surface area contributed by atoms with Crippen molar-refractivity contribution in [2.75, 3.05) is 0 Å². The van der Waals surface area contributed by atoms with Crippen LogP contribution in [0, 0.1) is 0 Å². The molecule has 0 radical (unpaired) electrons. The molecule has 182 valence electrons. The normalized spacial score (nSPS) is 12.5. The van der Waals surface area contributed by atoms with Crippen molar-refractivity contribution in [1.29, 1.82) is 0 Å². The molecule has 0 atom stereocenters. The van der Waals surface area contributed by atoms with Crippen LogP contribution < -0.4 is 5.73 Å². The van der Waals surface area contributed by atoms with E-state index in [0.717, 1.165) is 39.3 Å². The van der Waals surface area contributed by atoms with Crippen molar-refractivity contribution >= 4 is 17.5 Å². The van der Waals surface area contributed by atoms with Gasteiger partial charge in [-0.3, -0.25) is 4.99 Å². The first-order chi connectivity index (χ1) is 18.0. The molecule has 0 aliphatic heterocycles. The Morgan fingerprint density at radius 2 is 1.30 bits per heavy atom. The number of aliphatic imine (C=N–C) groups is 1. The standard InChI is InChI=1S/C33H30N4/c1-33(2,31(34)29(25-15-7-3-8-16-25)23-35-27-19-11-5-12-20-27)32-30(26-17-9-4-10-18-26)24-37(36-32)28-21-13-6-14-22-28/h3-24H,34H2,1-2H3/b31-29+,35-23?. The van der Waals surface area contributed by atoms with Crippen LogP contribution in [0.3, 0.4) is 0 Å². The second-order valence-electron chi connectivity index (χ2n) is 9.45. The van der Waals surface area contributed by atoms with Crippen LogP contribution in [0.5, 0.6) is 0 Å². The third kappa shape index (κ3) is 5.14. The first-order valence-corrected chi connectivity index (χ1v) is 12.4. The van der Waals surface area contributed by atoms with Gasteiger partial charge in [-0.2, -0.15) is 5.10 Å². The Labute approximate surface area is 218 Å². The minimum Gasteiger partial charge on any atom is -0.401 e. The first-order valence-electron chi connectivity index (χ1n) is 12.4. The van der Waals surface area contributed by atoms with E-state index in [9.17, 15) is 0 Å². The molecule has 1 aromatic heterocycles. The molecule has 5 rings (SSSR count). The van der Waals surface area contributed by atoms with E-state index in [-0.39, 0.29) is 0 Å². The summed E-state index contributed by atoms with van der Waals surface area (Å²) < 4.78 is 1.94. The van der Waals surface area contributed by atoms with Gasteiger partial charge in [0.05, 0.1) is 17.1 Å². The largest absolute Gasteiger partial charge is 0.401 e. The van der Waals surface area contributed by atoms with Gasteiger partial charge in [-0.05, 0) is 49.2 Å². The molecule has 2 N–H and O–H groups in total. The van der Waals surface area contributed by atoms with Gasteiger partial charge in [0, 0.05) is 34.7 Å². The number of allylic oxidation sites excluding steroid dienone is 2. The minimum absolute atomic E-state index is 0.598. The molecule has 0 saturated carbocycles. The summed E-state index contributed by atoms with van der Waals surface area (Å²) in [6.07, 6.45) is 3.97. The van der Waals surface area contributed by atoms with E-state index in [4.69, 9.17) is 15.8 Å². The van der Waals surface area contributed by atoms with Gasteiger partial charge in [0.15, 0.2) is 0 Å². The van der Waals surface area contributed by atoms with E-state index < -0.39 is 5.41 Å². The first kappa shape index (κ1) is 24.0. The van der Waals surface area contributed by atoms with Gasteiger partial charge in [-0.1, -0.05) is 97.1 Å². The maximum absolute atomic E-state index is 7.06. The SMILES string of the molecule is CC(C)(/C(N)=C(/C=Nc1ccccc1)c1ccccc1)c1nn(-c2ccccc2)cc1-c1ccccc1. The number of nitrogens with zero attached hydrogens (tertiary/aromatic N) is 3. The Balaban J connectivity index is 1.69. The summed E-state index contributed by atoms with van der Waals surface area (Å²) in [5.41, 5.74) is 14.0. The van der Waals surface area contributed by atoms with Gasteiger partial charge in [-0.15, -0.1) is 0 Å². The highest BCUT2D eigenvalue weighted by Gasteiger charge is 2.33. The fourth-order valence-electron chi connectivity index (χ4n) is 4.41. The second-order valence-corrected chi connectivity index (χ2v) is 9.45. The van der Waals surface area contributed by atoms with E-state index in [1.54, 1.807) is 0 Å². The summed E-state index contributed by atoms with van der Waals surface area (Å²) in [5.74, 6) is 0. The fourth-order valence-corrected chi connectivity index (χ4v) is 4.41. The van der Waals surface area contributed by atoms with Crippen molar-refractivity contribution in [1.82, 2.24) is 9.78 Å². The molecular formula is C33H30N4. The molecule has 4 nitrogen and oxygen atoms in total. The van der Waals surface area contributed by atoms with Gasteiger partial charge in [-0.25, -0.2) is 4.68 Å². The maximum Gasteiger partial charge on any atom is 0.0822 e. The molecular weight excluding hydrogens is 452 g/mol. The number of nitrogens with two attached hydrogens (primary N) is 1. The Morgan fingerprint density at radius 1 is 0.757 bits per heavy atom. The number of rotatable bonds is 7. The van der Waals surface area contributed by atoms with Crippen LogP contribution >= 0.6 is 0 Å². The molecule has 4 aromatic carbocycles. The number of hydrogen-bond donors (Lipinski definition) is 1. The molecule has 0 aliphatic carbocycles. The topological polar surface area (TPSA) is 56.2 Å². The van der Waals surface area contributed by atoms with Crippen molar-refractivity contribution in [3.8, 4) is 16.8 Å². The Hall–Kier alpha value is -4.70. The van der Waals surface area contributed by atoms with Gasteiger partial charge in [0.2, 0.25) is 0 Å². The van der Waals surface area contributed by atoms with Crippen LogP contribution in [0.1, 0.15) is 25.1 Å². The minimum atomic E-state index is -0.598. The molecule has 0 bridgehead atoms. The van der Waals surface area contributed by atoms with Gasteiger partial charge >= 0.3 is 0 Å². The molecule has 5 aromatic rings. The molecule has 0 spiro atoms. The number of aromatic nitrogens is 2. The lowest BCUT2D eigenvalue weighted by Gasteiger charge is -2.27. The van der Waals surface area contributed by atoms with Crippen LogP contribution in [-0.2, 0) is 5.41 Å². The van der Waals surface area contributed by atoms with Crippen molar-refractivity contribution in [2.45, 2.75) is 19.3 Å². The fraction of sp³-hybridized carbons (Fsp3) is 0.0909. The molecule has 0 amide bonds. The zero-order valence-corrected chi connectivity index (χ0v) is 21.1. The second kappa shape index (κ2) is 10.5. The quantitative estimate of drug-likeness (QED) is 0.243. The Kier molecular flexibility index (Phi) is 6.82. The summed E-state index contributed by atoms with van der Waals surface area (Å²) in [6, 6.07) is 40.6. The zero-order valence-electron chi connectivity index (χ0n) is 21.1. The van der Waals surface area contributed by atoms with Crippen LogP contribution in [0.2, 0.25) is 0 Å². The van der Waals surface area contributed by atoms with Gasteiger partial charge in [0.1, 0.15) is 0 Å². The van der Waals surface area contributed by atoms with E-state index in [1.165, 1.54) is 0 Å². The summed E-state index contributed by atoms with van der Waals surface area (Å²) in [6.45, 7) is 4.26. The average molecular weight is 483 g/mol. The van der Waals surface area contributed by atoms with E-state index in [0.29, 0.717) is 5.70 Å². The average Bonchev–Trinajstić information content (AvgIpc) is 3.42. The predicted molar refractivity (Wildman–Crippen MR) is 154 cm³/mol. The number of para-hydroxylation sites is 2. The Bertz CT molecular complexity index is 1520. The maximum atomic E-state index is 7.06. The molecule has 1 heterocycles. The summed E-state index contributed by atoms with van der Waals surface area (Å²) >= 11 is 0. The van der Waals surface area contributed by atoms with Crippen LogP contribution in [0.15, 0.2) is 138 Å². The Morgan fingerprint density at radius 3 is 1.92 bits per heavy atom. The molecule has 0 unspecified atom stereocenters. The summed E-state index contributed by atoms with van der Waals surface area (Å²) in [5, 5.41) is 5.10. The zero-order chi connectivity index (χ0) is 25.7. The third-order valence-electron chi connectivity index (χ3n) is 6.56. The van der Waals surface area contributed by atoms with E-state index >= 15 is 0 Å². The van der Waals surface area contributed by atoms with Gasteiger partial charge < -0.3 is 5.73 Å². The smallest absolute Gasteiger partial charge is 0.0822 e. The highest BCUT2D eigenvalue weighted by atomic mass is 15.3. The van der Waals surface area contributed by atoms with Crippen LogP contribution in [0.25, 0.3) is 22.4 Å².